The van der Waals surface area contributed by atoms with Crippen LogP contribution in [-0.4, -0.2) is 43.9 Å². The number of amides is 1. The molecule has 148 valence electrons. The molecule has 2 aromatic rings. The summed E-state index contributed by atoms with van der Waals surface area (Å²) >= 11 is 12.0. The maximum absolute atomic E-state index is 12.9. The van der Waals surface area contributed by atoms with Gasteiger partial charge in [-0.05, 0) is 11.6 Å². The molecular formula is C17H13Cl2NO7S. The van der Waals surface area contributed by atoms with Crippen LogP contribution in [0.1, 0.15) is 26.3 Å². The van der Waals surface area contributed by atoms with Gasteiger partial charge in [0.05, 0.1) is 36.4 Å². The fourth-order valence-corrected chi connectivity index (χ4v) is 5.00. The van der Waals surface area contributed by atoms with Crippen molar-refractivity contribution in [3.05, 3.63) is 51.0 Å². The molecule has 0 spiro atoms. The first-order valence-corrected chi connectivity index (χ1v) is 9.86. The highest BCUT2D eigenvalue weighted by molar-refractivity contribution is 7.90. The second kappa shape index (κ2) is 7.16. The van der Waals surface area contributed by atoms with Gasteiger partial charge in [0.25, 0.3) is 15.9 Å². The van der Waals surface area contributed by atoms with Crippen LogP contribution in [0.2, 0.25) is 10.0 Å². The number of nitrogens with zero attached hydrogens (tertiary/aromatic N) is 1. The third-order valence-corrected chi connectivity index (χ3v) is 6.70. The number of rotatable bonds is 5. The SMILES string of the molecule is COc1cc(OC)c2c(c1)S(=O)(=O)N(Cc1ccc(Cl)c(C(=O)O)c1Cl)C2=O. The van der Waals surface area contributed by atoms with E-state index in [1.165, 1.54) is 38.5 Å². The van der Waals surface area contributed by atoms with E-state index in [4.69, 9.17) is 32.7 Å². The zero-order valence-electron chi connectivity index (χ0n) is 14.5. The predicted octanol–water partition coefficient (Wildman–Crippen LogP) is 3.05. The van der Waals surface area contributed by atoms with Gasteiger partial charge >= 0.3 is 5.97 Å². The maximum Gasteiger partial charge on any atom is 0.338 e. The lowest BCUT2D eigenvalue weighted by Crippen LogP contribution is -2.29. The zero-order valence-corrected chi connectivity index (χ0v) is 16.9. The molecule has 0 fully saturated rings. The van der Waals surface area contributed by atoms with Gasteiger partial charge in [-0.25, -0.2) is 17.5 Å². The van der Waals surface area contributed by atoms with Crippen molar-refractivity contribution in [2.45, 2.75) is 11.4 Å². The van der Waals surface area contributed by atoms with E-state index in [0.717, 1.165) is 0 Å². The van der Waals surface area contributed by atoms with Gasteiger partial charge in [0.15, 0.2) is 0 Å². The average molecular weight is 446 g/mol. The second-order valence-corrected chi connectivity index (χ2v) is 8.34. The number of halogens is 2. The summed E-state index contributed by atoms with van der Waals surface area (Å²) in [7, 11) is -1.59. The van der Waals surface area contributed by atoms with Crippen LogP contribution >= 0.6 is 23.2 Å². The van der Waals surface area contributed by atoms with Crippen LogP contribution in [0, 0.1) is 0 Å². The number of methoxy groups -OCH3 is 2. The molecule has 8 nitrogen and oxygen atoms in total. The maximum atomic E-state index is 12.9. The van der Waals surface area contributed by atoms with Gasteiger partial charge in [-0.3, -0.25) is 4.79 Å². The van der Waals surface area contributed by atoms with Crippen LogP contribution in [0.25, 0.3) is 0 Å². The minimum Gasteiger partial charge on any atom is -0.497 e. The van der Waals surface area contributed by atoms with Gasteiger partial charge in [-0.1, -0.05) is 29.3 Å². The van der Waals surface area contributed by atoms with E-state index in [-0.39, 0.29) is 43.1 Å². The molecule has 1 aliphatic rings. The van der Waals surface area contributed by atoms with E-state index >= 15 is 0 Å². The lowest BCUT2D eigenvalue weighted by molar-refractivity contribution is 0.0697. The van der Waals surface area contributed by atoms with E-state index in [0.29, 0.717) is 4.31 Å². The quantitative estimate of drug-likeness (QED) is 0.752. The first-order valence-electron chi connectivity index (χ1n) is 7.66. The van der Waals surface area contributed by atoms with Crippen molar-refractivity contribution in [3.63, 3.8) is 0 Å². The van der Waals surface area contributed by atoms with Crippen molar-refractivity contribution in [1.82, 2.24) is 4.31 Å². The molecule has 1 N–H and O–H groups in total. The van der Waals surface area contributed by atoms with Crippen molar-refractivity contribution >= 4 is 45.1 Å². The van der Waals surface area contributed by atoms with Crippen molar-refractivity contribution in [1.29, 1.82) is 0 Å². The van der Waals surface area contributed by atoms with E-state index in [1.54, 1.807) is 0 Å². The molecule has 11 heteroatoms. The zero-order chi connectivity index (χ0) is 20.8. The largest absolute Gasteiger partial charge is 0.497 e. The molecule has 0 saturated carbocycles. The van der Waals surface area contributed by atoms with Crippen LogP contribution < -0.4 is 9.47 Å². The number of aromatic carboxylic acids is 1. The summed E-state index contributed by atoms with van der Waals surface area (Å²) in [4.78, 5) is 23.9. The normalized spacial score (nSPS) is 14.7. The molecule has 0 unspecified atom stereocenters. The second-order valence-electron chi connectivity index (χ2n) is 5.72. The number of benzene rings is 2. The number of carboxylic acid groups (broad SMARTS) is 1. The Morgan fingerprint density at radius 2 is 1.86 bits per heavy atom. The summed E-state index contributed by atoms with van der Waals surface area (Å²) in [6, 6.07) is 5.25. The van der Waals surface area contributed by atoms with Gasteiger partial charge in [0.1, 0.15) is 22.0 Å². The van der Waals surface area contributed by atoms with E-state index in [1.807, 2.05) is 0 Å². The average Bonchev–Trinajstić information content (AvgIpc) is 2.83. The summed E-state index contributed by atoms with van der Waals surface area (Å²) < 4.78 is 36.7. The van der Waals surface area contributed by atoms with Crippen LogP contribution in [-0.2, 0) is 16.6 Å². The molecule has 0 aliphatic carbocycles. The van der Waals surface area contributed by atoms with Gasteiger partial charge in [0.2, 0.25) is 0 Å². The molecule has 2 aromatic carbocycles. The Kier molecular flexibility index (Phi) is 5.18. The Hall–Kier alpha value is -2.49. The lowest BCUT2D eigenvalue weighted by Gasteiger charge is -2.17. The Bertz CT molecular complexity index is 1110. The monoisotopic (exact) mass is 445 g/mol. The smallest absolute Gasteiger partial charge is 0.338 e. The van der Waals surface area contributed by atoms with Crippen molar-refractivity contribution in [3.8, 4) is 11.5 Å². The number of carboxylic acids is 1. The third-order valence-electron chi connectivity index (χ3n) is 4.20. The number of fused-ring (bicyclic) bond motifs is 1. The molecular weight excluding hydrogens is 433 g/mol. The number of sulfonamides is 1. The molecule has 28 heavy (non-hydrogen) atoms. The van der Waals surface area contributed by atoms with Crippen molar-refractivity contribution < 1.29 is 32.6 Å². The number of hydrogen-bond acceptors (Lipinski definition) is 6. The topological polar surface area (TPSA) is 110 Å². The van der Waals surface area contributed by atoms with Gasteiger partial charge < -0.3 is 14.6 Å². The van der Waals surface area contributed by atoms with Crippen LogP contribution in [0.3, 0.4) is 0 Å². The molecule has 0 atom stereocenters. The minimum atomic E-state index is -4.23. The molecule has 0 saturated heterocycles. The van der Waals surface area contributed by atoms with E-state index < -0.39 is 28.4 Å². The van der Waals surface area contributed by atoms with Gasteiger partial charge in [-0.2, -0.15) is 0 Å². The summed E-state index contributed by atoms with van der Waals surface area (Å²) in [5.41, 5.74) is -0.396. The first kappa shape index (κ1) is 20.2. The lowest BCUT2D eigenvalue weighted by atomic mass is 10.1. The number of carbonyl (C=O) groups is 2. The molecule has 1 heterocycles. The Labute approximate surface area is 170 Å². The van der Waals surface area contributed by atoms with E-state index in [9.17, 15) is 23.1 Å². The highest BCUT2D eigenvalue weighted by atomic mass is 35.5. The molecule has 0 aromatic heterocycles. The summed E-state index contributed by atoms with van der Waals surface area (Å²) in [5.74, 6) is -1.95. The molecule has 1 amide bonds. The molecule has 0 radical (unpaired) electrons. The fourth-order valence-electron chi connectivity index (χ4n) is 2.84. The third kappa shape index (κ3) is 3.05. The Balaban J connectivity index is 2.12. The number of ether oxygens (including phenoxy) is 2. The van der Waals surface area contributed by atoms with Crippen LogP contribution in [0.15, 0.2) is 29.2 Å². The fraction of sp³-hybridized carbons (Fsp3) is 0.176. The standard InChI is InChI=1S/C17H13Cl2NO7S/c1-26-9-5-11(27-2)14-12(6-9)28(24,25)20(16(14)21)7-8-3-4-10(18)13(15(8)19)17(22)23/h3-6H,7H2,1-2H3,(H,22,23). The highest BCUT2D eigenvalue weighted by Gasteiger charge is 2.44. The first-order chi connectivity index (χ1) is 13.1. The number of carbonyl (C=O) groups excluding carboxylic acids is 1. The minimum absolute atomic E-state index is 0.0406. The van der Waals surface area contributed by atoms with Crippen molar-refractivity contribution in [2.75, 3.05) is 14.2 Å². The van der Waals surface area contributed by atoms with Crippen LogP contribution in [0.4, 0.5) is 0 Å². The Morgan fingerprint density at radius 3 is 2.43 bits per heavy atom. The summed E-state index contributed by atoms with van der Waals surface area (Å²) in [6.07, 6.45) is 0. The summed E-state index contributed by atoms with van der Waals surface area (Å²) in [6.45, 7) is -0.475. The van der Waals surface area contributed by atoms with E-state index in [2.05, 4.69) is 0 Å². The van der Waals surface area contributed by atoms with Gasteiger partial charge in [0, 0.05) is 12.1 Å². The van der Waals surface area contributed by atoms with Crippen LogP contribution in [0.5, 0.6) is 11.5 Å². The predicted molar refractivity (Wildman–Crippen MR) is 100 cm³/mol. The number of hydrogen-bond donors (Lipinski definition) is 1. The molecule has 0 bridgehead atoms. The Morgan fingerprint density at radius 1 is 1.18 bits per heavy atom. The molecule has 3 rings (SSSR count). The highest BCUT2D eigenvalue weighted by Crippen LogP contribution is 2.41. The van der Waals surface area contributed by atoms with Crippen molar-refractivity contribution in [2.24, 2.45) is 0 Å². The van der Waals surface area contributed by atoms with Gasteiger partial charge in [-0.15, -0.1) is 0 Å². The molecule has 1 aliphatic heterocycles. The summed E-state index contributed by atoms with van der Waals surface area (Å²) in [5, 5.41) is 8.90.